The molecule has 0 amide bonds. The van der Waals surface area contributed by atoms with E-state index in [4.69, 9.17) is 10.5 Å². The van der Waals surface area contributed by atoms with Crippen LogP contribution in [0, 0.1) is 13.8 Å². The Balaban J connectivity index is 2.07. The fraction of sp³-hybridized carbons (Fsp3) is 0.308. The molecule has 3 N–H and O–H groups in total. The first kappa shape index (κ1) is 11.7. The van der Waals surface area contributed by atoms with E-state index in [1.807, 2.05) is 38.1 Å². The SMILES string of the molecule is Cc1cccc(OCc2n[nH]c(C)c2CN)c1. The van der Waals surface area contributed by atoms with Gasteiger partial charge in [0.15, 0.2) is 0 Å². The smallest absolute Gasteiger partial charge is 0.132 e. The highest BCUT2D eigenvalue weighted by atomic mass is 16.5. The number of aromatic amines is 1. The van der Waals surface area contributed by atoms with Gasteiger partial charge >= 0.3 is 0 Å². The summed E-state index contributed by atoms with van der Waals surface area (Å²) in [6.07, 6.45) is 0. The van der Waals surface area contributed by atoms with Gasteiger partial charge in [0, 0.05) is 17.8 Å². The second-order valence-electron chi connectivity index (χ2n) is 4.08. The third-order valence-corrected chi connectivity index (χ3v) is 2.73. The van der Waals surface area contributed by atoms with Gasteiger partial charge in [-0.25, -0.2) is 0 Å². The minimum Gasteiger partial charge on any atom is -0.487 e. The molecule has 1 aromatic carbocycles. The predicted octanol–water partition coefficient (Wildman–Crippen LogP) is 2.06. The topological polar surface area (TPSA) is 63.9 Å². The molecule has 90 valence electrons. The van der Waals surface area contributed by atoms with E-state index in [9.17, 15) is 0 Å². The third kappa shape index (κ3) is 2.65. The number of aryl methyl sites for hydroxylation is 2. The number of ether oxygens (including phenoxy) is 1. The molecule has 1 aromatic heterocycles. The Morgan fingerprint density at radius 2 is 2.18 bits per heavy atom. The van der Waals surface area contributed by atoms with E-state index in [0.717, 1.165) is 22.7 Å². The minimum absolute atomic E-state index is 0.445. The van der Waals surface area contributed by atoms with Gasteiger partial charge in [-0.05, 0) is 31.5 Å². The molecule has 0 aliphatic heterocycles. The van der Waals surface area contributed by atoms with Crippen LogP contribution in [0.25, 0.3) is 0 Å². The molecule has 0 spiro atoms. The maximum atomic E-state index is 5.69. The lowest BCUT2D eigenvalue weighted by atomic mass is 10.2. The van der Waals surface area contributed by atoms with Crippen molar-refractivity contribution in [3.05, 3.63) is 46.8 Å². The highest BCUT2D eigenvalue weighted by molar-refractivity contribution is 5.28. The summed E-state index contributed by atoms with van der Waals surface area (Å²) in [6, 6.07) is 7.96. The molecule has 0 saturated carbocycles. The van der Waals surface area contributed by atoms with Gasteiger partial charge < -0.3 is 10.5 Å². The molecule has 2 rings (SSSR count). The summed E-state index contributed by atoms with van der Waals surface area (Å²) in [5.41, 5.74) is 9.78. The molecular formula is C13H17N3O. The van der Waals surface area contributed by atoms with Gasteiger partial charge in [0.2, 0.25) is 0 Å². The van der Waals surface area contributed by atoms with Gasteiger partial charge in [-0.15, -0.1) is 0 Å². The molecule has 4 nitrogen and oxygen atoms in total. The lowest BCUT2D eigenvalue weighted by Crippen LogP contribution is -2.04. The van der Waals surface area contributed by atoms with Crippen molar-refractivity contribution in [2.24, 2.45) is 5.73 Å². The molecule has 1 heterocycles. The average Bonchev–Trinajstić information content (AvgIpc) is 2.67. The Kier molecular flexibility index (Phi) is 3.44. The van der Waals surface area contributed by atoms with Gasteiger partial charge in [-0.1, -0.05) is 12.1 Å². The molecule has 0 radical (unpaired) electrons. The summed E-state index contributed by atoms with van der Waals surface area (Å²) in [6.45, 7) is 4.93. The second kappa shape index (κ2) is 5.01. The van der Waals surface area contributed by atoms with Crippen molar-refractivity contribution in [1.82, 2.24) is 10.2 Å². The van der Waals surface area contributed by atoms with Crippen molar-refractivity contribution in [2.45, 2.75) is 27.0 Å². The average molecular weight is 231 g/mol. The first-order valence-electron chi connectivity index (χ1n) is 5.63. The fourth-order valence-electron chi connectivity index (χ4n) is 1.75. The highest BCUT2D eigenvalue weighted by Gasteiger charge is 2.08. The molecule has 0 saturated heterocycles. The van der Waals surface area contributed by atoms with Crippen LogP contribution in [0.5, 0.6) is 5.75 Å². The number of benzene rings is 1. The van der Waals surface area contributed by atoms with Gasteiger partial charge in [0.1, 0.15) is 18.1 Å². The van der Waals surface area contributed by atoms with Crippen LogP contribution < -0.4 is 10.5 Å². The lowest BCUT2D eigenvalue weighted by Gasteiger charge is -2.06. The van der Waals surface area contributed by atoms with E-state index < -0.39 is 0 Å². The van der Waals surface area contributed by atoms with E-state index in [-0.39, 0.29) is 0 Å². The Hall–Kier alpha value is -1.81. The van der Waals surface area contributed by atoms with E-state index in [1.54, 1.807) is 0 Å². The van der Waals surface area contributed by atoms with E-state index in [1.165, 1.54) is 5.56 Å². The summed E-state index contributed by atoms with van der Waals surface area (Å²) in [4.78, 5) is 0. The van der Waals surface area contributed by atoms with Crippen molar-refractivity contribution < 1.29 is 4.74 Å². The second-order valence-corrected chi connectivity index (χ2v) is 4.08. The first-order valence-corrected chi connectivity index (χ1v) is 5.63. The Morgan fingerprint density at radius 1 is 1.35 bits per heavy atom. The van der Waals surface area contributed by atoms with Crippen molar-refractivity contribution >= 4 is 0 Å². The molecule has 4 heteroatoms. The largest absolute Gasteiger partial charge is 0.487 e. The first-order chi connectivity index (χ1) is 8.20. The van der Waals surface area contributed by atoms with E-state index in [2.05, 4.69) is 10.2 Å². The van der Waals surface area contributed by atoms with Gasteiger partial charge in [-0.2, -0.15) is 5.10 Å². The molecule has 0 atom stereocenters. The zero-order valence-corrected chi connectivity index (χ0v) is 10.2. The summed E-state index contributed by atoms with van der Waals surface area (Å²) in [5, 5.41) is 7.12. The number of hydrogen-bond donors (Lipinski definition) is 2. The number of aromatic nitrogens is 2. The molecule has 17 heavy (non-hydrogen) atoms. The lowest BCUT2D eigenvalue weighted by molar-refractivity contribution is 0.300. The molecule has 0 fully saturated rings. The monoisotopic (exact) mass is 231 g/mol. The van der Waals surface area contributed by atoms with Gasteiger partial charge in [0.25, 0.3) is 0 Å². The van der Waals surface area contributed by atoms with Gasteiger partial charge in [0.05, 0.1) is 0 Å². The minimum atomic E-state index is 0.445. The maximum Gasteiger partial charge on any atom is 0.132 e. The molecule has 0 unspecified atom stereocenters. The van der Waals surface area contributed by atoms with Gasteiger partial charge in [-0.3, -0.25) is 5.10 Å². The Labute approximate surface area is 101 Å². The Bertz CT molecular complexity index is 505. The molecule has 0 aliphatic carbocycles. The molecule has 0 bridgehead atoms. The molecule has 0 aliphatic rings. The van der Waals surface area contributed by atoms with Crippen molar-refractivity contribution in [3.63, 3.8) is 0 Å². The third-order valence-electron chi connectivity index (χ3n) is 2.73. The normalized spacial score (nSPS) is 10.5. The zero-order chi connectivity index (χ0) is 12.3. The summed E-state index contributed by atoms with van der Waals surface area (Å²) in [5.74, 6) is 0.855. The molecule has 2 aromatic rings. The number of nitrogens with two attached hydrogens (primary N) is 1. The number of H-pyrrole nitrogens is 1. The highest BCUT2D eigenvalue weighted by Crippen LogP contribution is 2.16. The predicted molar refractivity (Wildman–Crippen MR) is 66.7 cm³/mol. The van der Waals surface area contributed by atoms with Crippen molar-refractivity contribution in [1.29, 1.82) is 0 Å². The van der Waals surface area contributed by atoms with Crippen LogP contribution in [0.15, 0.2) is 24.3 Å². The summed E-state index contributed by atoms with van der Waals surface area (Å²) in [7, 11) is 0. The van der Waals surface area contributed by atoms with Crippen LogP contribution in [0.3, 0.4) is 0 Å². The number of rotatable bonds is 4. The van der Waals surface area contributed by atoms with Crippen LogP contribution >= 0.6 is 0 Å². The van der Waals surface area contributed by atoms with Crippen molar-refractivity contribution in [3.8, 4) is 5.75 Å². The summed E-state index contributed by atoms with van der Waals surface area (Å²) < 4.78 is 5.69. The summed E-state index contributed by atoms with van der Waals surface area (Å²) >= 11 is 0. The fourth-order valence-corrected chi connectivity index (χ4v) is 1.75. The number of nitrogens with one attached hydrogen (secondary N) is 1. The quantitative estimate of drug-likeness (QED) is 0.846. The van der Waals surface area contributed by atoms with E-state index >= 15 is 0 Å². The standard InChI is InChI=1S/C13H17N3O/c1-9-4-3-5-11(6-9)17-8-13-12(7-14)10(2)15-16-13/h3-6H,7-8,14H2,1-2H3,(H,15,16). The van der Waals surface area contributed by atoms with Crippen molar-refractivity contribution in [2.75, 3.05) is 0 Å². The maximum absolute atomic E-state index is 5.69. The van der Waals surface area contributed by atoms with Crippen LogP contribution in [0.2, 0.25) is 0 Å². The van der Waals surface area contributed by atoms with Crippen LogP contribution in [0.4, 0.5) is 0 Å². The van der Waals surface area contributed by atoms with E-state index in [0.29, 0.717) is 13.2 Å². The Morgan fingerprint density at radius 3 is 2.88 bits per heavy atom. The number of nitrogens with zero attached hydrogens (tertiary/aromatic N) is 1. The zero-order valence-electron chi connectivity index (χ0n) is 10.2. The van der Waals surface area contributed by atoms with Crippen LogP contribution in [-0.4, -0.2) is 10.2 Å². The number of hydrogen-bond acceptors (Lipinski definition) is 3. The van der Waals surface area contributed by atoms with Crippen LogP contribution in [-0.2, 0) is 13.2 Å². The van der Waals surface area contributed by atoms with Crippen LogP contribution in [0.1, 0.15) is 22.5 Å². The molecular weight excluding hydrogens is 214 g/mol.